The molecule has 0 radical (unpaired) electrons. The Morgan fingerprint density at radius 2 is 2.17 bits per heavy atom. The summed E-state index contributed by atoms with van der Waals surface area (Å²) < 4.78 is 0.719. The summed E-state index contributed by atoms with van der Waals surface area (Å²) in [6.07, 6.45) is 1.65. The Morgan fingerprint density at radius 3 is 2.75 bits per heavy atom. The van der Waals surface area contributed by atoms with Crippen molar-refractivity contribution in [2.24, 2.45) is 0 Å². The largest absolute Gasteiger partial charge is 0.425 e. The van der Waals surface area contributed by atoms with Crippen molar-refractivity contribution >= 4 is 0 Å². The van der Waals surface area contributed by atoms with Crippen LogP contribution in [0, 0.1) is 6.92 Å². The maximum Gasteiger partial charge on any atom is 0.283 e. The van der Waals surface area contributed by atoms with E-state index < -0.39 is 0 Å². The van der Waals surface area contributed by atoms with Crippen molar-refractivity contribution in [2.75, 3.05) is 0 Å². The van der Waals surface area contributed by atoms with Crippen LogP contribution in [0.3, 0.4) is 0 Å². The molecule has 0 saturated heterocycles. The summed E-state index contributed by atoms with van der Waals surface area (Å²) in [4.78, 5) is 11.0. The number of aryl methyl sites for hydroxylation is 2. The van der Waals surface area contributed by atoms with Crippen molar-refractivity contribution in [1.82, 2.24) is 4.73 Å². The Labute approximate surface area is 71.2 Å². The molecule has 0 spiro atoms. The molecule has 1 aromatic heterocycles. The molecule has 3 heteroatoms. The summed E-state index contributed by atoms with van der Waals surface area (Å²) in [5.74, 6) is 0. The second kappa shape index (κ2) is 3.43. The van der Waals surface area contributed by atoms with E-state index in [4.69, 9.17) is 0 Å². The molecule has 0 aliphatic carbocycles. The molecule has 0 aliphatic rings. The highest BCUT2D eigenvalue weighted by Crippen LogP contribution is 2.01. The first-order chi connectivity index (χ1) is 5.65. The van der Waals surface area contributed by atoms with Crippen LogP contribution in [0.2, 0.25) is 0 Å². The van der Waals surface area contributed by atoms with E-state index >= 15 is 0 Å². The average Bonchev–Trinajstić information content (AvgIpc) is 2.00. The fourth-order valence-electron chi connectivity index (χ4n) is 1.20. The lowest BCUT2D eigenvalue weighted by molar-refractivity contribution is 0.164. The SMILES string of the molecule is CCCc1cc(C)cc(=O)n1O. The minimum atomic E-state index is -0.349. The molecule has 0 bridgehead atoms. The van der Waals surface area contributed by atoms with Gasteiger partial charge in [0.1, 0.15) is 0 Å². The van der Waals surface area contributed by atoms with Gasteiger partial charge in [-0.15, -0.1) is 0 Å². The van der Waals surface area contributed by atoms with Crippen LogP contribution in [-0.4, -0.2) is 9.94 Å². The van der Waals surface area contributed by atoms with Crippen LogP contribution in [0.5, 0.6) is 0 Å². The molecule has 1 N–H and O–H groups in total. The summed E-state index contributed by atoms with van der Waals surface area (Å²) >= 11 is 0. The van der Waals surface area contributed by atoms with Gasteiger partial charge in [0.25, 0.3) is 5.56 Å². The molecule has 0 aliphatic heterocycles. The van der Waals surface area contributed by atoms with Gasteiger partial charge >= 0.3 is 0 Å². The van der Waals surface area contributed by atoms with Crippen molar-refractivity contribution in [3.05, 3.63) is 33.7 Å². The molecule has 0 aromatic carbocycles. The maximum atomic E-state index is 11.0. The zero-order valence-electron chi connectivity index (χ0n) is 7.37. The molecular weight excluding hydrogens is 154 g/mol. The third-order valence-electron chi connectivity index (χ3n) is 1.73. The van der Waals surface area contributed by atoms with Gasteiger partial charge in [-0.25, -0.2) is 0 Å². The third-order valence-corrected chi connectivity index (χ3v) is 1.73. The lowest BCUT2D eigenvalue weighted by Crippen LogP contribution is -2.20. The number of hydrogen-bond donors (Lipinski definition) is 1. The molecule has 3 nitrogen and oxygen atoms in total. The fourth-order valence-corrected chi connectivity index (χ4v) is 1.20. The molecule has 1 heterocycles. The zero-order valence-corrected chi connectivity index (χ0v) is 7.37. The molecule has 1 aromatic rings. The minimum absolute atomic E-state index is 0.349. The monoisotopic (exact) mass is 167 g/mol. The van der Waals surface area contributed by atoms with Gasteiger partial charge in [-0.1, -0.05) is 13.3 Å². The van der Waals surface area contributed by atoms with E-state index in [0.29, 0.717) is 5.69 Å². The van der Waals surface area contributed by atoms with Gasteiger partial charge in [-0.3, -0.25) is 4.79 Å². The normalized spacial score (nSPS) is 10.2. The first-order valence-electron chi connectivity index (χ1n) is 4.07. The van der Waals surface area contributed by atoms with E-state index in [0.717, 1.165) is 23.1 Å². The summed E-state index contributed by atoms with van der Waals surface area (Å²) in [5, 5.41) is 9.26. The summed E-state index contributed by atoms with van der Waals surface area (Å²) in [6.45, 7) is 3.85. The predicted octanol–water partition coefficient (Wildman–Crippen LogP) is 1.35. The smallest absolute Gasteiger partial charge is 0.283 e. The molecular formula is C9H13NO2. The van der Waals surface area contributed by atoms with Crippen molar-refractivity contribution in [1.29, 1.82) is 0 Å². The average molecular weight is 167 g/mol. The van der Waals surface area contributed by atoms with Crippen molar-refractivity contribution in [2.45, 2.75) is 26.7 Å². The Hall–Kier alpha value is -1.25. The molecule has 0 amide bonds. The van der Waals surface area contributed by atoms with Crippen LogP contribution < -0.4 is 5.56 Å². The second-order valence-corrected chi connectivity index (χ2v) is 2.92. The lowest BCUT2D eigenvalue weighted by atomic mass is 10.2. The topological polar surface area (TPSA) is 42.2 Å². The van der Waals surface area contributed by atoms with E-state index in [1.165, 1.54) is 6.07 Å². The third kappa shape index (κ3) is 1.67. The highest BCUT2D eigenvalue weighted by molar-refractivity contribution is 5.15. The van der Waals surface area contributed by atoms with Gasteiger partial charge in [-0.2, -0.15) is 4.73 Å². The van der Waals surface area contributed by atoms with E-state index in [-0.39, 0.29) is 5.56 Å². The Bertz CT molecular complexity index is 328. The summed E-state index contributed by atoms with van der Waals surface area (Å²) in [7, 11) is 0. The lowest BCUT2D eigenvalue weighted by Gasteiger charge is -2.04. The minimum Gasteiger partial charge on any atom is -0.425 e. The zero-order chi connectivity index (χ0) is 9.14. The van der Waals surface area contributed by atoms with Crippen molar-refractivity contribution < 1.29 is 5.21 Å². The Balaban J connectivity index is 3.18. The molecule has 0 unspecified atom stereocenters. The predicted molar refractivity (Wildman–Crippen MR) is 46.6 cm³/mol. The fraction of sp³-hybridized carbons (Fsp3) is 0.444. The second-order valence-electron chi connectivity index (χ2n) is 2.92. The molecule has 66 valence electrons. The molecule has 0 fully saturated rings. The van der Waals surface area contributed by atoms with Crippen molar-refractivity contribution in [3.63, 3.8) is 0 Å². The maximum absolute atomic E-state index is 11.0. The molecule has 12 heavy (non-hydrogen) atoms. The summed E-state index contributed by atoms with van der Waals surface area (Å²) in [5.41, 5.74) is 1.23. The molecule has 0 saturated carbocycles. The van der Waals surface area contributed by atoms with Crippen LogP contribution in [0.1, 0.15) is 24.6 Å². The summed E-state index contributed by atoms with van der Waals surface area (Å²) in [6, 6.07) is 3.24. The van der Waals surface area contributed by atoms with Gasteiger partial charge in [0, 0.05) is 6.07 Å². The van der Waals surface area contributed by atoms with Crippen LogP contribution in [0.4, 0.5) is 0 Å². The van der Waals surface area contributed by atoms with Crippen molar-refractivity contribution in [3.8, 4) is 0 Å². The number of rotatable bonds is 2. The van der Waals surface area contributed by atoms with Gasteiger partial charge < -0.3 is 5.21 Å². The highest BCUT2D eigenvalue weighted by atomic mass is 16.5. The molecule has 1 rings (SSSR count). The van der Waals surface area contributed by atoms with Gasteiger partial charge in [0.2, 0.25) is 0 Å². The Kier molecular flexibility index (Phi) is 2.53. The quantitative estimate of drug-likeness (QED) is 0.675. The number of hydrogen-bond acceptors (Lipinski definition) is 2. The number of aromatic nitrogens is 1. The van der Waals surface area contributed by atoms with Crippen LogP contribution >= 0.6 is 0 Å². The van der Waals surface area contributed by atoms with Crippen LogP contribution in [0.25, 0.3) is 0 Å². The first kappa shape index (κ1) is 8.84. The van der Waals surface area contributed by atoms with E-state index in [9.17, 15) is 10.0 Å². The number of pyridine rings is 1. The highest BCUT2D eigenvalue weighted by Gasteiger charge is 2.01. The van der Waals surface area contributed by atoms with E-state index in [1.807, 2.05) is 19.9 Å². The van der Waals surface area contributed by atoms with Crippen LogP contribution in [-0.2, 0) is 6.42 Å². The molecule has 0 atom stereocenters. The van der Waals surface area contributed by atoms with Crippen LogP contribution in [0.15, 0.2) is 16.9 Å². The van der Waals surface area contributed by atoms with E-state index in [2.05, 4.69) is 0 Å². The standard InChI is InChI=1S/C9H13NO2/c1-3-4-8-5-7(2)6-9(11)10(8)12/h5-6,12H,3-4H2,1-2H3. The van der Waals surface area contributed by atoms with Gasteiger partial charge in [0.15, 0.2) is 0 Å². The Morgan fingerprint density at radius 1 is 1.50 bits per heavy atom. The first-order valence-corrected chi connectivity index (χ1v) is 4.07. The number of nitrogens with zero attached hydrogens (tertiary/aromatic N) is 1. The van der Waals surface area contributed by atoms with Gasteiger partial charge in [0.05, 0.1) is 5.69 Å². The van der Waals surface area contributed by atoms with E-state index in [1.54, 1.807) is 0 Å². The van der Waals surface area contributed by atoms with Gasteiger partial charge in [-0.05, 0) is 25.0 Å².